The fourth-order valence-corrected chi connectivity index (χ4v) is 5.87. The first-order valence-electron chi connectivity index (χ1n) is 11.3. The topological polar surface area (TPSA) is 108 Å². The molecule has 0 spiro atoms. The number of H-pyrrole nitrogens is 1. The van der Waals surface area contributed by atoms with Crippen LogP contribution in [0.5, 0.6) is 0 Å². The Balaban J connectivity index is 1.35. The van der Waals surface area contributed by atoms with Gasteiger partial charge in [-0.25, -0.2) is 4.98 Å². The fraction of sp³-hybridized carbons (Fsp3) is 0.375. The molecule has 1 fully saturated rings. The first kappa shape index (κ1) is 21.6. The van der Waals surface area contributed by atoms with E-state index in [4.69, 9.17) is 0 Å². The van der Waals surface area contributed by atoms with Crippen LogP contribution in [0.15, 0.2) is 57.8 Å². The standard InChI is InChI=1S/C24H27N5O3S/c1-15(2)21(22-25-18-10-4-5-11-19(18)26-22)27-24(30)16-8-7-13-29(14-16)23-17-9-3-6-12-20(17)33(31,32)28-23/h3-6,9-12,15-16,21H,7-8,13-14H2,1-2H3,(H,25,26)(H,27,30)/t16-,21+/m0/s1. The van der Waals surface area contributed by atoms with Gasteiger partial charge in [-0.3, -0.25) is 4.79 Å². The SMILES string of the molecule is CC(C)[C@@H](NC(=O)[C@H]1CCCN(C2=NS(=O)(=O)c3ccccc32)C1)c1nc2ccccc2[nH]1. The number of para-hydroxylation sites is 2. The number of hydrogen-bond acceptors (Lipinski definition) is 5. The summed E-state index contributed by atoms with van der Waals surface area (Å²) in [6.45, 7) is 5.21. The van der Waals surface area contributed by atoms with Crippen molar-refractivity contribution in [2.45, 2.75) is 37.6 Å². The predicted octanol–water partition coefficient (Wildman–Crippen LogP) is 3.24. The summed E-state index contributed by atoms with van der Waals surface area (Å²) in [7, 11) is -3.69. The van der Waals surface area contributed by atoms with Crippen LogP contribution in [0.25, 0.3) is 11.0 Å². The maximum absolute atomic E-state index is 13.3. The van der Waals surface area contributed by atoms with E-state index in [9.17, 15) is 13.2 Å². The van der Waals surface area contributed by atoms with Crippen molar-refractivity contribution in [3.8, 4) is 0 Å². The second kappa shape index (κ2) is 8.30. The van der Waals surface area contributed by atoms with Crippen molar-refractivity contribution in [2.75, 3.05) is 13.1 Å². The average molecular weight is 466 g/mol. The van der Waals surface area contributed by atoms with Crippen LogP contribution >= 0.6 is 0 Å². The highest BCUT2D eigenvalue weighted by Gasteiger charge is 2.36. The molecule has 2 N–H and O–H groups in total. The number of sulfonamides is 1. The molecule has 5 rings (SSSR count). The van der Waals surface area contributed by atoms with Crippen LogP contribution in [0.4, 0.5) is 0 Å². The van der Waals surface area contributed by atoms with Gasteiger partial charge in [-0.1, -0.05) is 38.1 Å². The molecule has 1 amide bonds. The summed E-state index contributed by atoms with van der Waals surface area (Å²) < 4.78 is 29.0. The van der Waals surface area contributed by atoms with Gasteiger partial charge in [0, 0.05) is 18.7 Å². The number of piperidine rings is 1. The van der Waals surface area contributed by atoms with Crippen LogP contribution in [0.2, 0.25) is 0 Å². The Morgan fingerprint density at radius 3 is 2.70 bits per heavy atom. The van der Waals surface area contributed by atoms with Gasteiger partial charge in [0.25, 0.3) is 10.0 Å². The number of rotatable bonds is 4. The first-order chi connectivity index (χ1) is 15.8. The third-order valence-corrected chi connectivity index (χ3v) is 7.70. The Morgan fingerprint density at radius 1 is 1.15 bits per heavy atom. The van der Waals surface area contributed by atoms with Gasteiger partial charge < -0.3 is 15.2 Å². The minimum Gasteiger partial charge on any atom is -0.355 e. The zero-order valence-electron chi connectivity index (χ0n) is 18.7. The highest BCUT2D eigenvalue weighted by molar-refractivity contribution is 7.90. The predicted molar refractivity (Wildman–Crippen MR) is 126 cm³/mol. The minimum atomic E-state index is -3.69. The van der Waals surface area contributed by atoms with Crippen molar-refractivity contribution < 1.29 is 13.2 Å². The average Bonchev–Trinajstić information content (AvgIpc) is 3.36. The van der Waals surface area contributed by atoms with Crippen LogP contribution in [0, 0.1) is 11.8 Å². The van der Waals surface area contributed by atoms with E-state index in [0.717, 1.165) is 29.7 Å². The summed E-state index contributed by atoms with van der Waals surface area (Å²) in [5, 5.41) is 3.19. The molecule has 172 valence electrons. The third kappa shape index (κ3) is 4.01. The lowest BCUT2D eigenvalue weighted by atomic mass is 9.95. The molecular weight excluding hydrogens is 438 g/mol. The van der Waals surface area contributed by atoms with Gasteiger partial charge in [0.1, 0.15) is 10.7 Å². The van der Waals surface area contributed by atoms with Crippen LogP contribution in [-0.2, 0) is 14.8 Å². The molecule has 2 atom stereocenters. The van der Waals surface area contributed by atoms with E-state index < -0.39 is 10.0 Å². The summed E-state index contributed by atoms with van der Waals surface area (Å²) in [5.74, 6) is 1.02. The van der Waals surface area contributed by atoms with E-state index in [1.165, 1.54) is 0 Å². The molecule has 0 unspecified atom stereocenters. The molecule has 8 nitrogen and oxygen atoms in total. The van der Waals surface area contributed by atoms with Crippen LogP contribution < -0.4 is 5.32 Å². The van der Waals surface area contributed by atoms with Crippen LogP contribution in [-0.4, -0.2) is 48.1 Å². The van der Waals surface area contributed by atoms with Gasteiger partial charge in [0.2, 0.25) is 5.91 Å². The smallest absolute Gasteiger partial charge is 0.285 e. The molecule has 9 heteroatoms. The van der Waals surface area contributed by atoms with Crippen molar-refractivity contribution in [3.05, 3.63) is 59.9 Å². The largest absolute Gasteiger partial charge is 0.355 e. The summed E-state index contributed by atoms with van der Waals surface area (Å²) in [6, 6.07) is 14.4. The lowest BCUT2D eigenvalue weighted by Crippen LogP contribution is -2.46. The molecule has 33 heavy (non-hydrogen) atoms. The fourth-order valence-electron chi connectivity index (χ4n) is 4.64. The van der Waals surface area contributed by atoms with E-state index in [-0.39, 0.29) is 28.7 Å². The maximum atomic E-state index is 13.3. The number of benzene rings is 2. The Morgan fingerprint density at radius 2 is 1.91 bits per heavy atom. The second-order valence-electron chi connectivity index (χ2n) is 9.04. The highest BCUT2D eigenvalue weighted by Crippen LogP contribution is 2.30. The molecular formula is C24H27N5O3S. The third-order valence-electron chi connectivity index (χ3n) is 6.37. The molecule has 0 aliphatic carbocycles. The lowest BCUT2D eigenvalue weighted by molar-refractivity contribution is -0.127. The molecule has 1 aromatic heterocycles. The second-order valence-corrected chi connectivity index (χ2v) is 10.6. The number of imidazole rings is 1. The van der Waals surface area contributed by atoms with E-state index in [1.807, 2.05) is 35.2 Å². The minimum absolute atomic E-state index is 0.0476. The number of carbonyl (C=O) groups is 1. The molecule has 1 saturated heterocycles. The monoisotopic (exact) mass is 465 g/mol. The van der Waals surface area contributed by atoms with E-state index in [1.54, 1.807) is 18.2 Å². The molecule has 2 aromatic carbocycles. The highest BCUT2D eigenvalue weighted by atomic mass is 32.2. The molecule has 0 radical (unpaired) electrons. The van der Waals surface area contributed by atoms with Crippen molar-refractivity contribution in [3.63, 3.8) is 0 Å². The van der Waals surface area contributed by atoms with E-state index >= 15 is 0 Å². The Labute approximate surface area is 193 Å². The number of aromatic nitrogens is 2. The molecule has 2 aliphatic heterocycles. The number of amidine groups is 1. The number of hydrogen-bond donors (Lipinski definition) is 2. The van der Waals surface area contributed by atoms with Crippen molar-refractivity contribution in [1.29, 1.82) is 0 Å². The summed E-state index contributed by atoms with van der Waals surface area (Å²) in [4.78, 5) is 23.5. The Hall–Kier alpha value is -3.20. The van der Waals surface area contributed by atoms with Gasteiger partial charge in [0.05, 0.1) is 23.0 Å². The molecule has 0 saturated carbocycles. The van der Waals surface area contributed by atoms with Gasteiger partial charge in [-0.05, 0) is 43.0 Å². The maximum Gasteiger partial charge on any atom is 0.285 e. The van der Waals surface area contributed by atoms with Gasteiger partial charge >= 0.3 is 0 Å². The molecule has 0 bridgehead atoms. The normalized spacial score (nSPS) is 20.5. The quantitative estimate of drug-likeness (QED) is 0.615. The van der Waals surface area contributed by atoms with Gasteiger partial charge in [-0.2, -0.15) is 8.42 Å². The number of fused-ring (bicyclic) bond motifs is 2. The lowest BCUT2D eigenvalue weighted by Gasteiger charge is -2.34. The number of amides is 1. The summed E-state index contributed by atoms with van der Waals surface area (Å²) >= 11 is 0. The number of nitrogens with one attached hydrogen (secondary N) is 2. The molecule has 3 aromatic rings. The zero-order chi connectivity index (χ0) is 23.2. The Bertz CT molecular complexity index is 1310. The number of nitrogens with zero attached hydrogens (tertiary/aromatic N) is 3. The van der Waals surface area contributed by atoms with Crippen molar-refractivity contribution in [1.82, 2.24) is 20.2 Å². The number of likely N-dealkylation sites (tertiary alicyclic amines) is 1. The number of carbonyl (C=O) groups excluding carboxylic acids is 1. The van der Waals surface area contributed by atoms with E-state index in [0.29, 0.717) is 24.5 Å². The number of aromatic amines is 1. The first-order valence-corrected chi connectivity index (χ1v) is 12.7. The van der Waals surface area contributed by atoms with Crippen LogP contribution in [0.3, 0.4) is 0 Å². The van der Waals surface area contributed by atoms with Crippen LogP contribution in [0.1, 0.15) is 44.1 Å². The zero-order valence-corrected chi connectivity index (χ0v) is 19.5. The summed E-state index contributed by atoms with van der Waals surface area (Å²) in [5.41, 5.74) is 2.42. The van der Waals surface area contributed by atoms with Gasteiger partial charge in [-0.15, -0.1) is 4.40 Å². The van der Waals surface area contributed by atoms with Gasteiger partial charge in [0.15, 0.2) is 5.84 Å². The molecule has 3 heterocycles. The summed E-state index contributed by atoms with van der Waals surface area (Å²) in [6.07, 6.45) is 1.53. The van der Waals surface area contributed by atoms with Crippen molar-refractivity contribution in [2.24, 2.45) is 16.2 Å². The molecule has 2 aliphatic rings. The van der Waals surface area contributed by atoms with Crippen molar-refractivity contribution >= 4 is 32.8 Å². The Kier molecular flexibility index (Phi) is 5.44. The van der Waals surface area contributed by atoms with E-state index in [2.05, 4.69) is 33.5 Å².